The van der Waals surface area contributed by atoms with Crippen LogP contribution in [0.4, 0.5) is 0 Å². The molecule has 0 amide bonds. The topological polar surface area (TPSA) is 79.6 Å². The molecule has 8 nitrogen and oxygen atoms in total. The molecule has 1 aromatic rings. The van der Waals surface area contributed by atoms with E-state index in [9.17, 15) is 0 Å². The molecule has 0 aliphatic carbocycles. The molecule has 1 aromatic heterocycles. The molecule has 1 unspecified atom stereocenters. The second kappa shape index (κ2) is 13.8. The van der Waals surface area contributed by atoms with Gasteiger partial charge in [-0.2, -0.15) is 11.8 Å². The van der Waals surface area contributed by atoms with Crippen LogP contribution >= 0.6 is 11.8 Å². The lowest BCUT2D eigenvalue weighted by Gasteiger charge is -2.33. The first-order valence-electron chi connectivity index (χ1n) is 10.8. The van der Waals surface area contributed by atoms with E-state index in [1.54, 1.807) is 6.33 Å². The molecule has 1 saturated heterocycles. The Morgan fingerprint density at radius 2 is 2.21 bits per heavy atom. The third-order valence-electron chi connectivity index (χ3n) is 4.77. The van der Waals surface area contributed by atoms with Crippen LogP contribution in [0.3, 0.4) is 0 Å². The van der Waals surface area contributed by atoms with Crippen LogP contribution in [0, 0.1) is 5.92 Å². The van der Waals surface area contributed by atoms with Gasteiger partial charge in [-0.05, 0) is 24.3 Å². The van der Waals surface area contributed by atoms with E-state index in [-0.39, 0.29) is 6.10 Å². The highest BCUT2D eigenvalue weighted by atomic mass is 32.2. The van der Waals surface area contributed by atoms with E-state index in [2.05, 4.69) is 57.3 Å². The Morgan fingerprint density at radius 1 is 1.38 bits per heavy atom. The SMILES string of the molecule is CCc1nncn1CCNC(=NCC1CN(CC(C)C)CCO1)NCCCSC. The van der Waals surface area contributed by atoms with Crippen LogP contribution in [0.15, 0.2) is 11.3 Å². The molecule has 1 aliphatic heterocycles. The van der Waals surface area contributed by atoms with Crippen LogP contribution in [0.1, 0.15) is 33.0 Å². The minimum atomic E-state index is 0.164. The van der Waals surface area contributed by atoms with Crippen LogP contribution in [-0.2, 0) is 17.7 Å². The molecule has 0 saturated carbocycles. The number of ether oxygens (including phenoxy) is 1. The normalized spacial score (nSPS) is 18.4. The maximum atomic E-state index is 5.95. The molecule has 29 heavy (non-hydrogen) atoms. The van der Waals surface area contributed by atoms with Gasteiger partial charge in [0.2, 0.25) is 0 Å². The quantitative estimate of drug-likeness (QED) is 0.298. The zero-order chi connectivity index (χ0) is 20.9. The lowest BCUT2D eigenvalue weighted by Crippen LogP contribution is -2.46. The van der Waals surface area contributed by atoms with Gasteiger partial charge in [0.05, 0.1) is 19.3 Å². The summed E-state index contributed by atoms with van der Waals surface area (Å²) in [6.45, 7) is 13.7. The van der Waals surface area contributed by atoms with E-state index in [4.69, 9.17) is 9.73 Å². The fraction of sp³-hybridized carbons (Fsp3) is 0.850. The van der Waals surface area contributed by atoms with Crippen molar-refractivity contribution in [3.05, 3.63) is 12.2 Å². The summed E-state index contributed by atoms with van der Waals surface area (Å²) in [6, 6.07) is 0. The maximum absolute atomic E-state index is 5.95. The number of aromatic nitrogens is 3. The first kappa shape index (κ1) is 24.0. The van der Waals surface area contributed by atoms with Crippen LogP contribution in [0.5, 0.6) is 0 Å². The predicted molar refractivity (Wildman–Crippen MR) is 122 cm³/mol. The summed E-state index contributed by atoms with van der Waals surface area (Å²) in [5.41, 5.74) is 0. The second-order valence-electron chi connectivity index (χ2n) is 7.83. The standard InChI is InChI=1S/C20H39N7OS/c1-5-19-25-24-16-27(19)9-8-22-20(21-7-6-12-29-4)23-13-18-15-26(10-11-28-18)14-17(2)3/h16-18H,5-15H2,1-4H3,(H2,21,22,23). The molecule has 0 radical (unpaired) electrons. The summed E-state index contributed by atoms with van der Waals surface area (Å²) < 4.78 is 8.04. The van der Waals surface area contributed by atoms with Gasteiger partial charge in [0.1, 0.15) is 12.2 Å². The Bertz CT molecular complexity index is 593. The highest BCUT2D eigenvalue weighted by Gasteiger charge is 2.20. The van der Waals surface area contributed by atoms with Gasteiger partial charge in [-0.25, -0.2) is 0 Å². The summed E-state index contributed by atoms with van der Waals surface area (Å²) in [5, 5.41) is 15.1. The van der Waals surface area contributed by atoms with Gasteiger partial charge >= 0.3 is 0 Å². The van der Waals surface area contributed by atoms with Crippen molar-refractivity contribution >= 4 is 17.7 Å². The van der Waals surface area contributed by atoms with Gasteiger partial charge in [0.25, 0.3) is 0 Å². The van der Waals surface area contributed by atoms with Crippen LogP contribution in [0.25, 0.3) is 0 Å². The minimum Gasteiger partial charge on any atom is -0.374 e. The number of rotatable bonds is 12. The third kappa shape index (κ3) is 9.35. The molecule has 9 heteroatoms. The van der Waals surface area contributed by atoms with Gasteiger partial charge in [-0.15, -0.1) is 10.2 Å². The average molecular weight is 426 g/mol. The average Bonchev–Trinajstić information content (AvgIpc) is 3.16. The maximum Gasteiger partial charge on any atom is 0.191 e. The number of morpholine rings is 1. The molecule has 2 rings (SSSR count). The fourth-order valence-electron chi connectivity index (χ4n) is 3.40. The fourth-order valence-corrected chi connectivity index (χ4v) is 3.83. The summed E-state index contributed by atoms with van der Waals surface area (Å²) in [7, 11) is 0. The summed E-state index contributed by atoms with van der Waals surface area (Å²) in [5.74, 6) is 3.70. The van der Waals surface area contributed by atoms with Gasteiger partial charge in [-0.1, -0.05) is 20.8 Å². The molecule has 0 spiro atoms. The van der Waals surface area contributed by atoms with Gasteiger partial charge in [0, 0.05) is 45.7 Å². The smallest absolute Gasteiger partial charge is 0.191 e. The van der Waals surface area contributed by atoms with Crippen molar-refractivity contribution in [2.24, 2.45) is 10.9 Å². The van der Waals surface area contributed by atoms with E-state index in [1.807, 2.05) is 11.8 Å². The van der Waals surface area contributed by atoms with Crippen LogP contribution < -0.4 is 10.6 Å². The summed E-state index contributed by atoms with van der Waals surface area (Å²) in [4.78, 5) is 7.31. The Labute approximate surface area is 180 Å². The van der Waals surface area contributed by atoms with Crippen molar-refractivity contribution in [2.45, 2.75) is 46.3 Å². The molecular weight excluding hydrogens is 386 g/mol. The highest BCUT2D eigenvalue weighted by molar-refractivity contribution is 7.98. The number of hydrogen-bond donors (Lipinski definition) is 2. The number of nitrogens with zero attached hydrogens (tertiary/aromatic N) is 5. The van der Waals surface area contributed by atoms with Crippen molar-refractivity contribution in [1.29, 1.82) is 0 Å². The van der Waals surface area contributed by atoms with Gasteiger partial charge < -0.3 is 19.9 Å². The largest absolute Gasteiger partial charge is 0.374 e. The van der Waals surface area contributed by atoms with E-state index < -0.39 is 0 Å². The number of aliphatic imine (C=N–C) groups is 1. The van der Waals surface area contributed by atoms with E-state index >= 15 is 0 Å². The zero-order valence-corrected chi connectivity index (χ0v) is 19.4. The molecule has 0 aromatic carbocycles. The summed E-state index contributed by atoms with van der Waals surface area (Å²) in [6.07, 6.45) is 6.11. The number of nitrogens with one attached hydrogen (secondary N) is 2. The first-order valence-corrected chi connectivity index (χ1v) is 12.2. The Hall–Kier alpha value is -1.32. The Morgan fingerprint density at radius 3 is 2.97 bits per heavy atom. The van der Waals surface area contributed by atoms with Gasteiger partial charge in [-0.3, -0.25) is 9.89 Å². The minimum absolute atomic E-state index is 0.164. The molecule has 1 fully saturated rings. The summed E-state index contributed by atoms with van der Waals surface area (Å²) >= 11 is 1.87. The third-order valence-corrected chi connectivity index (χ3v) is 5.47. The molecule has 166 valence electrons. The highest BCUT2D eigenvalue weighted by Crippen LogP contribution is 2.08. The van der Waals surface area contributed by atoms with Crippen molar-refractivity contribution in [2.75, 3.05) is 57.9 Å². The molecule has 2 heterocycles. The lowest BCUT2D eigenvalue weighted by atomic mass is 10.2. The van der Waals surface area contributed by atoms with E-state index in [1.165, 1.54) is 0 Å². The van der Waals surface area contributed by atoms with Crippen molar-refractivity contribution in [3.63, 3.8) is 0 Å². The second-order valence-corrected chi connectivity index (χ2v) is 8.82. The van der Waals surface area contributed by atoms with Gasteiger partial charge in [0.15, 0.2) is 5.96 Å². The first-order chi connectivity index (χ1) is 14.1. The molecule has 1 aliphatic rings. The monoisotopic (exact) mass is 425 g/mol. The van der Waals surface area contributed by atoms with Crippen molar-refractivity contribution < 1.29 is 4.74 Å². The van der Waals surface area contributed by atoms with E-state index in [0.29, 0.717) is 12.5 Å². The zero-order valence-electron chi connectivity index (χ0n) is 18.6. The molecule has 2 N–H and O–H groups in total. The number of hydrogen-bond acceptors (Lipinski definition) is 6. The molecular formula is C20H39N7OS. The predicted octanol–water partition coefficient (Wildman–Crippen LogP) is 1.49. The number of aryl methyl sites for hydroxylation is 1. The Kier molecular flexibility index (Phi) is 11.4. The van der Waals surface area contributed by atoms with Crippen molar-refractivity contribution in [1.82, 2.24) is 30.3 Å². The number of thioether (sulfide) groups is 1. The Balaban J connectivity index is 1.84. The van der Waals surface area contributed by atoms with Crippen LogP contribution in [-0.4, -0.2) is 89.6 Å². The number of guanidine groups is 1. The van der Waals surface area contributed by atoms with Crippen molar-refractivity contribution in [3.8, 4) is 0 Å². The van der Waals surface area contributed by atoms with Crippen LogP contribution in [0.2, 0.25) is 0 Å². The molecule has 1 atom stereocenters. The van der Waals surface area contributed by atoms with E-state index in [0.717, 1.165) is 76.3 Å². The lowest BCUT2D eigenvalue weighted by molar-refractivity contribution is -0.0261. The molecule has 0 bridgehead atoms.